The van der Waals surface area contributed by atoms with Crippen LogP contribution < -0.4 is 10.6 Å². The van der Waals surface area contributed by atoms with Crippen molar-refractivity contribution in [3.05, 3.63) is 71.4 Å². The third-order valence-corrected chi connectivity index (χ3v) is 5.15. The number of amides is 2. The minimum absolute atomic E-state index is 0.0526. The fraction of sp³-hybridized carbons (Fsp3) is 0.217. The van der Waals surface area contributed by atoms with Gasteiger partial charge in [-0.15, -0.1) is 0 Å². The fourth-order valence-electron chi connectivity index (χ4n) is 3.73. The van der Waals surface area contributed by atoms with Crippen LogP contribution in [0.5, 0.6) is 0 Å². The number of aromatic amines is 1. The van der Waals surface area contributed by atoms with Crippen molar-refractivity contribution in [2.45, 2.75) is 5.92 Å². The van der Waals surface area contributed by atoms with Crippen molar-refractivity contribution in [2.24, 2.45) is 0 Å². The maximum absolute atomic E-state index is 12.3. The summed E-state index contributed by atoms with van der Waals surface area (Å²) in [5, 5.41) is 20.0. The summed E-state index contributed by atoms with van der Waals surface area (Å²) in [5.41, 5.74) is 4.62. The van der Waals surface area contributed by atoms with Gasteiger partial charge >= 0.3 is 12.1 Å². The molecule has 0 atom stereocenters. The molecule has 3 aromatic rings. The number of aliphatic carboxylic acids is 1. The molecule has 0 saturated heterocycles. The van der Waals surface area contributed by atoms with E-state index in [1.807, 2.05) is 36.4 Å². The van der Waals surface area contributed by atoms with E-state index in [0.717, 1.165) is 22.3 Å². The van der Waals surface area contributed by atoms with E-state index in [1.165, 1.54) is 6.07 Å². The van der Waals surface area contributed by atoms with E-state index in [0.29, 0.717) is 0 Å². The van der Waals surface area contributed by atoms with Crippen LogP contribution in [-0.2, 0) is 14.3 Å². The minimum atomic E-state index is -1.08. The Morgan fingerprint density at radius 3 is 2.36 bits per heavy atom. The van der Waals surface area contributed by atoms with Crippen LogP contribution in [0.2, 0.25) is 0 Å². The average Bonchev–Trinajstić information content (AvgIpc) is 3.40. The van der Waals surface area contributed by atoms with Gasteiger partial charge in [0.2, 0.25) is 0 Å². The summed E-state index contributed by atoms with van der Waals surface area (Å²) >= 11 is 0. The van der Waals surface area contributed by atoms with Gasteiger partial charge < -0.3 is 19.9 Å². The maximum atomic E-state index is 12.3. The molecule has 10 nitrogen and oxygen atoms in total. The summed E-state index contributed by atoms with van der Waals surface area (Å²) in [4.78, 5) is 34.8. The van der Waals surface area contributed by atoms with Gasteiger partial charge in [-0.2, -0.15) is 5.10 Å². The number of anilines is 1. The third-order valence-electron chi connectivity index (χ3n) is 5.15. The molecule has 2 aromatic carbocycles. The van der Waals surface area contributed by atoms with Crippen molar-refractivity contribution in [3.63, 3.8) is 0 Å². The number of ether oxygens (including phenoxy) is 2. The molecule has 0 radical (unpaired) electrons. The van der Waals surface area contributed by atoms with Crippen LogP contribution in [0.1, 0.15) is 27.5 Å². The van der Waals surface area contributed by atoms with Gasteiger partial charge in [-0.3, -0.25) is 15.2 Å². The number of aromatic nitrogens is 2. The number of hydrogen-bond donors (Lipinski definition) is 4. The monoisotopic (exact) mass is 450 g/mol. The first kappa shape index (κ1) is 22.0. The molecule has 2 amide bonds. The Balaban J connectivity index is 1.28. The molecule has 4 N–H and O–H groups in total. The van der Waals surface area contributed by atoms with Crippen LogP contribution in [0.25, 0.3) is 11.1 Å². The van der Waals surface area contributed by atoms with Gasteiger partial charge in [-0.1, -0.05) is 48.5 Å². The first-order valence-corrected chi connectivity index (χ1v) is 10.3. The van der Waals surface area contributed by atoms with Crippen LogP contribution in [0.15, 0.2) is 54.6 Å². The second-order valence-electron chi connectivity index (χ2n) is 7.32. The molecule has 0 bridgehead atoms. The molecule has 1 aliphatic rings. The molecule has 4 rings (SSSR count). The molecule has 0 aliphatic heterocycles. The topological polar surface area (TPSA) is 143 Å². The lowest BCUT2D eigenvalue weighted by Gasteiger charge is -2.14. The highest BCUT2D eigenvalue weighted by molar-refractivity contribution is 5.94. The molecule has 0 fully saturated rings. The lowest BCUT2D eigenvalue weighted by atomic mass is 9.98. The Morgan fingerprint density at radius 2 is 1.70 bits per heavy atom. The zero-order chi connectivity index (χ0) is 23.2. The predicted octanol–water partition coefficient (Wildman–Crippen LogP) is 2.60. The van der Waals surface area contributed by atoms with Crippen molar-refractivity contribution >= 4 is 23.8 Å². The summed E-state index contributed by atoms with van der Waals surface area (Å²) in [6.07, 6.45) is -0.683. The largest absolute Gasteiger partial charge is 0.480 e. The third kappa shape index (κ3) is 5.18. The Bertz CT molecular complexity index is 1130. The van der Waals surface area contributed by atoms with Crippen molar-refractivity contribution < 1.29 is 29.0 Å². The summed E-state index contributed by atoms with van der Waals surface area (Å²) < 4.78 is 10.3. The molecule has 33 heavy (non-hydrogen) atoms. The zero-order valence-corrected chi connectivity index (χ0v) is 17.5. The highest BCUT2D eigenvalue weighted by Crippen LogP contribution is 2.44. The van der Waals surface area contributed by atoms with Gasteiger partial charge in [0, 0.05) is 18.5 Å². The van der Waals surface area contributed by atoms with Gasteiger partial charge in [-0.25, -0.2) is 9.59 Å². The number of H-pyrrole nitrogens is 1. The van der Waals surface area contributed by atoms with E-state index in [1.54, 1.807) is 0 Å². The lowest BCUT2D eigenvalue weighted by molar-refractivity contribution is -0.142. The average molecular weight is 450 g/mol. The highest BCUT2D eigenvalue weighted by Gasteiger charge is 2.29. The first-order chi connectivity index (χ1) is 16.0. The van der Waals surface area contributed by atoms with Gasteiger partial charge in [0.25, 0.3) is 5.91 Å². The molecule has 170 valence electrons. The molecule has 1 heterocycles. The number of nitrogens with one attached hydrogen (secondary N) is 3. The van der Waals surface area contributed by atoms with Crippen molar-refractivity contribution in [1.29, 1.82) is 0 Å². The number of fused-ring (bicyclic) bond motifs is 3. The van der Waals surface area contributed by atoms with Crippen molar-refractivity contribution in [2.75, 3.05) is 31.7 Å². The standard InChI is InChI=1S/C23H22N4O6/c28-21(29)13-32-10-9-24-22(30)19-11-20(27-26-19)25-23(31)33-12-18-16-7-3-1-5-14(16)15-6-2-4-8-17(15)18/h1-8,11,18H,9-10,12-13H2,(H,24,30)(H,28,29)(H2,25,26,27,31). The predicted molar refractivity (Wildman–Crippen MR) is 118 cm³/mol. The van der Waals surface area contributed by atoms with Gasteiger partial charge in [0.1, 0.15) is 18.9 Å². The summed E-state index contributed by atoms with van der Waals surface area (Å²) in [6.45, 7) is -0.0978. The molecular formula is C23H22N4O6. The van der Waals surface area contributed by atoms with Crippen LogP contribution in [0, 0.1) is 0 Å². The van der Waals surface area contributed by atoms with E-state index in [9.17, 15) is 14.4 Å². The Hall–Kier alpha value is -4.18. The van der Waals surface area contributed by atoms with E-state index < -0.39 is 24.6 Å². The number of carbonyl (C=O) groups is 3. The number of benzene rings is 2. The quantitative estimate of drug-likeness (QED) is 0.367. The van der Waals surface area contributed by atoms with Crippen LogP contribution in [-0.4, -0.2) is 59.6 Å². The maximum Gasteiger partial charge on any atom is 0.412 e. The molecule has 1 aliphatic carbocycles. The first-order valence-electron chi connectivity index (χ1n) is 10.3. The molecular weight excluding hydrogens is 428 g/mol. The summed E-state index contributed by atoms with van der Waals surface area (Å²) in [7, 11) is 0. The van der Waals surface area contributed by atoms with E-state index in [2.05, 4.69) is 33.0 Å². The Morgan fingerprint density at radius 1 is 1.03 bits per heavy atom. The van der Waals surface area contributed by atoms with E-state index >= 15 is 0 Å². The normalized spacial score (nSPS) is 12.0. The molecule has 0 spiro atoms. The molecule has 10 heteroatoms. The molecule has 0 saturated carbocycles. The zero-order valence-electron chi connectivity index (χ0n) is 17.5. The van der Waals surface area contributed by atoms with E-state index in [4.69, 9.17) is 14.6 Å². The lowest BCUT2D eigenvalue weighted by Crippen LogP contribution is -2.28. The number of hydrogen-bond acceptors (Lipinski definition) is 6. The number of carbonyl (C=O) groups excluding carboxylic acids is 2. The second kappa shape index (κ2) is 9.96. The SMILES string of the molecule is O=C(O)COCCNC(=O)c1cc(NC(=O)OCC2c3ccccc3-c3ccccc32)n[nH]1. The van der Waals surface area contributed by atoms with Crippen molar-refractivity contribution in [1.82, 2.24) is 15.5 Å². The molecule has 1 aromatic heterocycles. The van der Waals surface area contributed by atoms with Gasteiger partial charge in [0.15, 0.2) is 5.82 Å². The van der Waals surface area contributed by atoms with Crippen LogP contribution >= 0.6 is 0 Å². The fourth-order valence-corrected chi connectivity index (χ4v) is 3.73. The number of rotatable bonds is 9. The minimum Gasteiger partial charge on any atom is -0.480 e. The summed E-state index contributed by atoms with van der Waals surface area (Å²) in [5.74, 6) is -1.48. The van der Waals surface area contributed by atoms with Crippen LogP contribution in [0.3, 0.4) is 0 Å². The van der Waals surface area contributed by atoms with E-state index in [-0.39, 0.29) is 37.2 Å². The Kier molecular flexibility index (Phi) is 6.65. The van der Waals surface area contributed by atoms with Crippen molar-refractivity contribution in [3.8, 4) is 11.1 Å². The molecule has 0 unspecified atom stereocenters. The number of nitrogens with zero attached hydrogens (tertiary/aromatic N) is 1. The van der Waals surface area contributed by atoms with Gasteiger partial charge in [-0.05, 0) is 22.3 Å². The summed E-state index contributed by atoms with van der Waals surface area (Å²) in [6, 6.07) is 17.5. The van der Waals surface area contributed by atoms with Crippen LogP contribution in [0.4, 0.5) is 10.6 Å². The Labute approximate surface area is 188 Å². The smallest absolute Gasteiger partial charge is 0.412 e. The highest BCUT2D eigenvalue weighted by atomic mass is 16.5. The number of carboxylic acid groups (broad SMARTS) is 1. The second-order valence-corrected chi connectivity index (χ2v) is 7.32. The number of carboxylic acids is 1. The van der Waals surface area contributed by atoms with Gasteiger partial charge in [0.05, 0.1) is 6.61 Å².